The molecule has 1 aromatic rings. The van der Waals surface area contributed by atoms with Crippen molar-refractivity contribution in [3.8, 4) is 0 Å². The van der Waals surface area contributed by atoms with Crippen molar-refractivity contribution < 1.29 is 0 Å². The molecule has 2 rings (SSSR count). The maximum absolute atomic E-state index is 4.32. The Bertz CT molecular complexity index is 342. The van der Waals surface area contributed by atoms with Crippen molar-refractivity contribution >= 4 is 0 Å². The zero-order chi connectivity index (χ0) is 12.5. The third-order valence-electron chi connectivity index (χ3n) is 4.09. The van der Waals surface area contributed by atoms with E-state index in [0.717, 1.165) is 11.7 Å². The van der Waals surface area contributed by atoms with E-state index in [1.807, 2.05) is 12.4 Å². The van der Waals surface area contributed by atoms with Crippen molar-refractivity contribution in [3.05, 3.63) is 18.2 Å². The van der Waals surface area contributed by atoms with Gasteiger partial charge in [-0.15, -0.1) is 0 Å². The highest BCUT2D eigenvalue weighted by Gasteiger charge is 2.32. The fourth-order valence-electron chi connectivity index (χ4n) is 3.11. The summed E-state index contributed by atoms with van der Waals surface area (Å²) in [5, 5.41) is 3.72. The van der Waals surface area contributed by atoms with E-state index in [1.165, 1.54) is 19.3 Å². The minimum atomic E-state index is 0.318. The van der Waals surface area contributed by atoms with Gasteiger partial charge in [-0.2, -0.15) is 0 Å². The van der Waals surface area contributed by atoms with Gasteiger partial charge in [0, 0.05) is 18.4 Å². The average molecular weight is 235 g/mol. The molecule has 1 heterocycles. The second kappa shape index (κ2) is 4.81. The topological polar surface area (TPSA) is 40.7 Å². The first-order valence-electron chi connectivity index (χ1n) is 6.73. The van der Waals surface area contributed by atoms with E-state index in [4.69, 9.17) is 0 Å². The maximum atomic E-state index is 4.32. The highest BCUT2D eigenvalue weighted by Crippen LogP contribution is 2.38. The molecule has 3 unspecified atom stereocenters. The van der Waals surface area contributed by atoms with Gasteiger partial charge in [-0.25, -0.2) is 4.98 Å². The Labute approximate surface area is 104 Å². The van der Waals surface area contributed by atoms with Crippen LogP contribution < -0.4 is 5.32 Å². The molecule has 0 aromatic carbocycles. The molecule has 3 nitrogen and oxygen atoms in total. The molecule has 1 aliphatic carbocycles. The number of H-pyrrole nitrogens is 1. The minimum absolute atomic E-state index is 0.318. The second-order valence-corrected chi connectivity index (χ2v) is 6.35. The van der Waals surface area contributed by atoms with Crippen LogP contribution in [-0.4, -0.2) is 16.0 Å². The maximum Gasteiger partial charge on any atom is 0.122 e. The van der Waals surface area contributed by atoms with Gasteiger partial charge in [0.1, 0.15) is 5.82 Å². The summed E-state index contributed by atoms with van der Waals surface area (Å²) < 4.78 is 0. The fourth-order valence-corrected chi connectivity index (χ4v) is 3.11. The molecule has 0 amide bonds. The lowest BCUT2D eigenvalue weighted by Gasteiger charge is -2.40. The SMILES string of the molecule is CC(NC1CCC(C)(C)CC1C)c1ncc[nH]1. The predicted molar refractivity (Wildman–Crippen MR) is 70.7 cm³/mol. The summed E-state index contributed by atoms with van der Waals surface area (Å²) in [6, 6.07) is 0.946. The molecular weight excluding hydrogens is 210 g/mol. The molecule has 1 fully saturated rings. The summed E-state index contributed by atoms with van der Waals surface area (Å²) in [6.45, 7) is 9.32. The van der Waals surface area contributed by atoms with E-state index in [-0.39, 0.29) is 0 Å². The quantitative estimate of drug-likeness (QED) is 0.844. The Morgan fingerprint density at radius 2 is 2.29 bits per heavy atom. The van der Waals surface area contributed by atoms with Gasteiger partial charge in [-0.3, -0.25) is 0 Å². The molecule has 96 valence electrons. The lowest BCUT2D eigenvalue weighted by Crippen LogP contribution is -2.42. The molecule has 1 aliphatic rings. The summed E-state index contributed by atoms with van der Waals surface area (Å²) >= 11 is 0. The van der Waals surface area contributed by atoms with Crippen molar-refractivity contribution in [1.82, 2.24) is 15.3 Å². The largest absolute Gasteiger partial charge is 0.347 e. The van der Waals surface area contributed by atoms with Crippen molar-refractivity contribution in [2.45, 2.75) is 59.0 Å². The monoisotopic (exact) mass is 235 g/mol. The summed E-state index contributed by atoms with van der Waals surface area (Å²) in [7, 11) is 0. The summed E-state index contributed by atoms with van der Waals surface area (Å²) in [5.74, 6) is 1.79. The van der Waals surface area contributed by atoms with Gasteiger partial charge >= 0.3 is 0 Å². The van der Waals surface area contributed by atoms with Crippen LogP contribution in [0.3, 0.4) is 0 Å². The number of nitrogens with one attached hydrogen (secondary N) is 2. The molecule has 17 heavy (non-hydrogen) atoms. The highest BCUT2D eigenvalue weighted by molar-refractivity contribution is 4.96. The number of hydrogen-bond donors (Lipinski definition) is 2. The van der Waals surface area contributed by atoms with Crippen LogP contribution in [-0.2, 0) is 0 Å². The zero-order valence-electron chi connectivity index (χ0n) is 11.5. The second-order valence-electron chi connectivity index (χ2n) is 6.35. The Hall–Kier alpha value is -0.830. The molecule has 0 spiro atoms. The smallest absolute Gasteiger partial charge is 0.122 e. The van der Waals surface area contributed by atoms with Crippen molar-refractivity contribution in [2.75, 3.05) is 0 Å². The van der Waals surface area contributed by atoms with E-state index in [0.29, 0.717) is 17.5 Å². The first kappa shape index (κ1) is 12.6. The van der Waals surface area contributed by atoms with Crippen LogP contribution in [0.4, 0.5) is 0 Å². The molecular formula is C14H25N3. The zero-order valence-corrected chi connectivity index (χ0v) is 11.5. The summed E-state index contributed by atoms with van der Waals surface area (Å²) in [6.07, 6.45) is 7.62. The molecule has 1 aromatic heterocycles. The molecule has 0 saturated heterocycles. The molecule has 1 saturated carbocycles. The third kappa shape index (κ3) is 3.09. The van der Waals surface area contributed by atoms with Crippen LogP contribution in [0.25, 0.3) is 0 Å². The number of aromatic nitrogens is 2. The minimum Gasteiger partial charge on any atom is -0.347 e. The van der Waals surface area contributed by atoms with Crippen molar-refractivity contribution in [2.24, 2.45) is 11.3 Å². The first-order chi connectivity index (χ1) is 7.98. The fraction of sp³-hybridized carbons (Fsp3) is 0.786. The standard InChI is InChI=1S/C14H25N3/c1-10-9-14(3,4)6-5-12(10)17-11(2)13-15-7-8-16-13/h7-8,10-12,17H,5-6,9H2,1-4H3,(H,15,16). The number of imidazole rings is 1. The van der Waals surface area contributed by atoms with Crippen LogP contribution in [0.5, 0.6) is 0 Å². The molecule has 0 radical (unpaired) electrons. The van der Waals surface area contributed by atoms with E-state index in [2.05, 4.69) is 43.0 Å². The predicted octanol–water partition coefficient (Wildman–Crippen LogP) is 3.28. The van der Waals surface area contributed by atoms with Gasteiger partial charge in [-0.1, -0.05) is 20.8 Å². The molecule has 3 atom stereocenters. The molecule has 3 heteroatoms. The third-order valence-corrected chi connectivity index (χ3v) is 4.09. The van der Waals surface area contributed by atoms with Gasteiger partial charge in [-0.05, 0) is 37.5 Å². The number of aromatic amines is 1. The van der Waals surface area contributed by atoms with Crippen LogP contribution in [0, 0.1) is 11.3 Å². The van der Waals surface area contributed by atoms with Gasteiger partial charge in [0.05, 0.1) is 6.04 Å². The number of nitrogens with zero attached hydrogens (tertiary/aromatic N) is 1. The summed E-state index contributed by atoms with van der Waals surface area (Å²) in [5.41, 5.74) is 0.519. The van der Waals surface area contributed by atoms with Gasteiger partial charge in [0.15, 0.2) is 0 Å². The lowest BCUT2D eigenvalue weighted by molar-refractivity contribution is 0.142. The van der Waals surface area contributed by atoms with Crippen LogP contribution in [0.2, 0.25) is 0 Å². The van der Waals surface area contributed by atoms with E-state index in [1.54, 1.807) is 0 Å². The number of hydrogen-bond acceptors (Lipinski definition) is 2. The van der Waals surface area contributed by atoms with Crippen molar-refractivity contribution in [1.29, 1.82) is 0 Å². The first-order valence-corrected chi connectivity index (χ1v) is 6.73. The Morgan fingerprint density at radius 3 is 2.88 bits per heavy atom. The van der Waals surface area contributed by atoms with Crippen LogP contribution in [0.15, 0.2) is 12.4 Å². The van der Waals surface area contributed by atoms with Crippen LogP contribution in [0.1, 0.15) is 58.8 Å². The van der Waals surface area contributed by atoms with E-state index >= 15 is 0 Å². The highest BCUT2D eigenvalue weighted by atomic mass is 15.0. The van der Waals surface area contributed by atoms with E-state index < -0.39 is 0 Å². The normalized spacial score (nSPS) is 30.1. The number of rotatable bonds is 3. The lowest BCUT2D eigenvalue weighted by atomic mass is 9.70. The Kier molecular flexibility index (Phi) is 3.57. The van der Waals surface area contributed by atoms with Crippen LogP contribution >= 0.6 is 0 Å². The summed E-state index contributed by atoms with van der Waals surface area (Å²) in [4.78, 5) is 7.50. The van der Waals surface area contributed by atoms with Gasteiger partial charge in [0.2, 0.25) is 0 Å². The van der Waals surface area contributed by atoms with Crippen molar-refractivity contribution in [3.63, 3.8) is 0 Å². The molecule has 0 aliphatic heterocycles. The average Bonchev–Trinajstić information content (AvgIpc) is 2.74. The van der Waals surface area contributed by atoms with Gasteiger partial charge in [0.25, 0.3) is 0 Å². The van der Waals surface area contributed by atoms with Gasteiger partial charge < -0.3 is 10.3 Å². The molecule has 2 N–H and O–H groups in total. The van der Waals surface area contributed by atoms with E-state index in [9.17, 15) is 0 Å². The molecule has 0 bridgehead atoms. The Morgan fingerprint density at radius 1 is 1.53 bits per heavy atom. The Balaban J connectivity index is 1.92.